The number of alkyl halides is 3. The highest BCUT2D eigenvalue weighted by Crippen LogP contribution is 2.49. The molecule has 1 saturated heterocycles. The van der Waals surface area contributed by atoms with E-state index in [-0.39, 0.29) is 17.5 Å². The molecule has 3 atom stereocenters. The number of nitrogens with one attached hydrogen (secondary N) is 2. The van der Waals surface area contributed by atoms with Crippen LogP contribution < -0.4 is 19.5 Å². The number of fused-ring (bicyclic) bond motifs is 1. The number of carboxylic acids is 1. The second-order valence-corrected chi connectivity index (χ2v) is 11.5. The Morgan fingerprint density at radius 3 is 2.27 bits per heavy atom. The highest BCUT2D eigenvalue weighted by atomic mass is 32.2. The molecule has 1 saturated carbocycles. The fourth-order valence-corrected chi connectivity index (χ4v) is 6.18. The van der Waals surface area contributed by atoms with Crippen molar-refractivity contribution in [2.75, 3.05) is 27.8 Å². The Morgan fingerprint density at radius 1 is 1.07 bits per heavy atom. The number of carbonyl (C=O) groups excluding carboxylic acids is 1. The second kappa shape index (κ2) is 13.7. The first-order valence-corrected chi connectivity index (χ1v) is 14.2. The fraction of sp³-hybridized carbons (Fsp3) is 0.517. The maximum absolute atomic E-state index is 12.7. The topological polar surface area (TPSA) is 100 Å². The molecule has 8 nitrogen and oxygen atoms in total. The van der Waals surface area contributed by atoms with Crippen molar-refractivity contribution in [3.05, 3.63) is 53.6 Å². The molecule has 2 fully saturated rings. The number of halogens is 3. The molecule has 0 spiro atoms. The van der Waals surface area contributed by atoms with Gasteiger partial charge in [0.15, 0.2) is 11.5 Å². The third kappa shape index (κ3) is 8.00. The molecule has 226 valence electrons. The zero-order chi connectivity index (χ0) is 30.4. The summed E-state index contributed by atoms with van der Waals surface area (Å²) < 4.78 is 45.7. The number of benzene rings is 2. The zero-order valence-electron chi connectivity index (χ0n) is 23.9. The molecule has 2 aliphatic rings. The van der Waals surface area contributed by atoms with Crippen molar-refractivity contribution in [1.29, 1.82) is 0 Å². The predicted molar refractivity (Wildman–Crippen MR) is 152 cm³/mol. The minimum Gasteiger partial charge on any atom is -0.493 e. The highest BCUT2D eigenvalue weighted by molar-refractivity contribution is 7.98. The van der Waals surface area contributed by atoms with Gasteiger partial charge in [-0.3, -0.25) is 4.72 Å². The van der Waals surface area contributed by atoms with E-state index >= 15 is 0 Å². The van der Waals surface area contributed by atoms with Gasteiger partial charge in [-0.15, -0.1) is 0 Å². The average molecular weight is 598 g/mol. The van der Waals surface area contributed by atoms with E-state index in [1.807, 2.05) is 6.07 Å². The molecule has 1 aliphatic heterocycles. The fourth-order valence-electron chi connectivity index (χ4n) is 5.64. The largest absolute Gasteiger partial charge is 0.493 e. The van der Waals surface area contributed by atoms with Crippen LogP contribution in [0.3, 0.4) is 0 Å². The van der Waals surface area contributed by atoms with Crippen molar-refractivity contribution in [3.63, 3.8) is 0 Å². The molecule has 1 aliphatic carbocycles. The van der Waals surface area contributed by atoms with E-state index in [1.54, 1.807) is 14.2 Å². The first-order chi connectivity index (χ1) is 19.3. The van der Waals surface area contributed by atoms with E-state index in [4.69, 9.17) is 19.4 Å². The van der Waals surface area contributed by atoms with Crippen molar-refractivity contribution in [1.82, 2.24) is 14.9 Å². The van der Waals surface area contributed by atoms with Gasteiger partial charge in [-0.2, -0.15) is 13.2 Å². The maximum Gasteiger partial charge on any atom is 0.490 e. The number of amides is 2. The SMILES string of the molecule is COc1ccc(C23CCC(NC(=O)NSc4ccc(C(C)C)cc4)CC2N(C)CC3)cc1OC.O=C(O)C(F)(F)F. The first kappa shape index (κ1) is 32.4. The normalized spacial score (nSPS) is 22.3. The lowest BCUT2D eigenvalue weighted by Crippen LogP contribution is -2.52. The highest BCUT2D eigenvalue weighted by Gasteiger charge is 2.50. The number of urea groups is 1. The molecular formula is C29H38F3N3O5S. The number of aliphatic carboxylic acids is 1. The Hall–Kier alpha value is -3.12. The minimum absolute atomic E-state index is 0.0792. The molecule has 1 heterocycles. The molecule has 41 heavy (non-hydrogen) atoms. The van der Waals surface area contributed by atoms with Crippen LogP contribution in [0.4, 0.5) is 18.0 Å². The Bertz CT molecular complexity index is 1200. The van der Waals surface area contributed by atoms with Crippen LogP contribution in [0, 0.1) is 0 Å². The van der Waals surface area contributed by atoms with Gasteiger partial charge < -0.3 is 24.8 Å². The van der Waals surface area contributed by atoms with E-state index in [1.165, 1.54) is 23.1 Å². The van der Waals surface area contributed by atoms with E-state index in [2.05, 4.69) is 72.2 Å². The first-order valence-electron chi connectivity index (χ1n) is 13.4. The Labute approximate surface area is 243 Å². The summed E-state index contributed by atoms with van der Waals surface area (Å²) in [5.41, 5.74) is 2.69. The number of methoxy groups -OCH3 is 2. The van der Waals surface area contributed by atoms with Gasteiger partial charge in [0.1, 0.15) is 0 Å². The van der Waals surface area contributed by atoms with Crippen molar-refractivity contribution in [3.8, 4) is 11.5 Å². The predicted octanol–water partition coefficient (Wildman–Crippen LogP) is 5.96. The van der Waals surface area contributed by atoms with Crippen LogP contribution in [0.5, 0.6) is 11.5 Å². The summed E-state index contributed by atoms with van der Waals surface area (Å²) in [6.45, 7) is 5.42. The van der Waals surface area contributed by atoms with E-state index < -0.39 is 12.1 Å². The lowest BCUT2D eigenvalue weighted by Gasteiger charge is -2.45. The van der Waals surface area contributed by atoms with Crippen LogP contribution in [-0.2, 0) is 10.2 Å². The van der Waals surface area contributed by atoms with E-state index in [0.717, 1.165) is 48.6 Å². The summed E-state index contributed by atoms with van der Waals surface area (Å²) >= 11 is 1.36. The van der Waals surface area contributed by atoms with Crippen molar-refractivity contribution >= 4 is 23.9 Å². The summed E-state index contributed by atoms with van der Waals surface area (Å²) in [5.74, 6) is -0.719. The number of hydrogen-bond acceptors (Lipinski definition) is 6. The molecule has 0 radical (unpaired) electrons. The second-order valence-electron chi connectivity index (χ2n) is 10.6. The lowest BCUT2D eigenvalue weighted by molar-refractivity contribution is -0.192. The Morgan fingerprint density at radius 2 is 1.71 bits per heavy atom. The number of nitrogens with zero attached hydrogens (tertiary/aromatic N) is 1. The summed E-state index contributed by atoms with van der Waals surface area (Å²) in [4.78, 5) is 25.0. The van der Waals surface area contributed by atoms with Gasteiger partial charge in [-0.05, 0) is 92.5 Å². The van der Waals surface area contributed by atoms with Crippen molar-refractivity contribution < 1.29 is 37.3 Å². The summed E-state index contributed by atoms with van der Waals surface area (Å²) in [7, 11) is 5.56. The molecule has 0 aromatic heterocycles. The molecule has 3 N–H and O–H groups in total. The van der Waals surface area contributed by atoms with Gasteiger partial charge in [0.25, 0.3) is 0 Å². The number of likely N-dealkylation sites (tertiary alicyclic amines) is 1. The van der Waals surface area contributed by atoms with Crippen LogP contribution >= 0.6 is 11.9 Å². The molecule has 3 unspecified atom stereocenters. The lowest BCUT2D eigenvalue weighted by atomic mass is 9.65. The third-order valence-corrected chi connectivity index (χ3v) is 8.67. The van der Waals surface area contributed by atoms with Crippen LogP contribution in [0.1, 0.15) is 56.6 Å². The molecule has 2 aromatic carbocycles. The molecule has 4 rings (SSSR count). The third-order valence-electron chi connectivity index (χ3n) is 7.87. The van der Waals surface area contributed by atoms with Gasteiger partial charge in [-0.1, -0.05) is 32.0 Å². The number of carboxylic acid groups (broad SMARTS) is 1. The number of likely N-dealkylation sites (N-methyl/N-ethyl adjacent to an activating group) is 1. The van der Waals surface area contributed by atoms with E-state index in [9.17, 15) is 18.0 Å². The average Bonchev–Trinajstić information content (AvgIpc) is 3.28. The number of hydrogen-bond donors (Lipinski definition) is 3. The van der Waals surface area contributed by atoms with E-state index in [0.29, 0.717) is 12.0 Å². The van der Waals surface area contributed by atoms with Gasteiger partial charge >= 0.3 is 18.2 Å². The summed E-state index contributed by atoms with van der Waals surface area (Å²) in [5, 5.41) is 10.3. The van der Waals surface area contributed by atoms with Crippen LogP contribution in [0.25, 0.3) is 0 Å². The summed E-state index contributed by atoms with van der Waals surface area (Å²) in [6.07, 6.45) is -1.04. The quantitative estimate of drug-likeness (QED) is 0.339. The van der Waals surface area contributed by atoms with Gasteiger partial charge in [-0.25, -0.2) is 9.59 Å². The monoisotopic (exact) mass is 597 g/mol. The standard InChI is InChI=1S/C27H37N3O3S.C2HF3O2/c1-18(2)19-6-9-22(10-7-19)34-29-26(31)28-21-12-13-27(14-15-30(3)25(27)17-21)20-8-11-23(32-4)24(16-20)33-5;3-2(4,5)1(6)7/h6-11,16,18,21,25H,12-15,17H2,1-5H3,(H2,28,29,31);(H,6,7). The summed E-state index contributed by atoms with van der Waals surface area (Å²) in [6, 6.07) is 15.1. The maximum atomic E-state index is 12.7. The van der Waals surface area contributed by atoms with Gasteiger partial charge in [0, 0.05) is 22.4 Å². The molecule has 2 aromatic rings. The van der Waals surface area contributed by atoms with Crippen LogP contribution in [0.15, 0.2) is 47.4 Å². The van der Waals surface area contributed by atoms with Gasteiger partial charge in [0.2, 0.25) is 0 Å². The smallest absolute Gasteiger partial charge is 0.490 e. The Balaban J connectivity index is 0.000000587. The molecule has 0 bridgehead atoms. The molecule has 2 amide bonds. The van der Waals surface area contributed by atoms with Crippen molar-refractivity contribution in [2.24, 2.45) is 0 Å². The van der Waals surface area contributed by atoms with Crippen LogP contribution in [0.2, 0.25) is 0 Å². The minimum atomic E-state index is -5.08. The Kier molecular flexibility index (Phi) is 10.8. The molecule has 12 heteroatoms. The van der Waals surface area contributed by atoms with Crippen LogP contribution in [-0.4, -0.2) is 68.1 Å². The van der Waals surface area contributed by atoms with Gasteiger partial charge in [0.05, 0.1) is 14.2 Å². The number of rotatable bonds is 7. The zero-order valence-corrected chi connectivity index (χ0v) is 24.7. The molecular weight excluding hydrogens is 559 g/mol. The number of ether oxygens (including phenoxy) is 2. The van der Waals surface area contributed by atoms with Crippen molar-refractivity contribution in [2.45, 2.75) is 74.0 Å². The number of carbonyl (C=O) groups is 2.